The maximum absolute atomic E-state index is 12.6. The molecule has 0 saturated heterocycles. The van der Waals surface area contributed by atoms with Gasteiger partial charge in [-0.1, -0.05) is 115 Å². The second-order valence-electron chi connectivity index (χ2n) is 14.7. The lowest BCUT2D eigenvalue weighted by atomic mass is 10.1. The summed E-state index contributed by atoms with van der Waals surface area (Å²) in [6, 6.07) is 0. The van der Waals surface area contributed by atoms with Gasteiger partial charge in [0, 0.05) is 12.8 Å². The number of hydrogen-bond acceptors (Lipinski definition) is 7. The number of esters is 2. The first kappa shape index (κ1) is 48.5. The minimum absolute atomic E-state index is 0.0296. The Morgan fingerprint density at radius 1 is 0.600 bits per heavy atom. The van der Waals surface area contributed by atoms with Crippen molar-refractivity contribution in [1.82, 2.24) is 0 Å². The summed E-state index contributed by atoms with van der Waals surface area (Å²) in [6.45, 7) is 4.36. The highest BCUT2D eigenvalue weighted by atomic mass is 31.2. The van der Waals surface area contributed by atoms with Crippen molar-refractivity contribution >= 4 is 19.8 Å². The highest BCUT2D eigenvalue weighted by molar-refractivity contribution is 7.47. The molecule has 0 aromatic carbocycles. The number of allylic oxidation sites excluding steroid dienone is 4. The number of ether oxygens (including phenoxy) is 2. The van der Waals surface area contributed by atoms with E-state index < -0.39 is 26.5 Å². The number of likely N-dealkylation sites (N-methyl/N-ethyl adjacent to an activating group) is 1. The highest BCUT2D eigenvalue weighted by Gasteiger charge is 2.27. The van der Waals surface area contributed by atoms with Gasteiger partial charge in [0.15, 0.2) is 6.10 Å². The molecule has 0 amide bonds. The van der Waals surface area contributed by atoms with Crippen LogP contribution in [-0.2, 0) is 32.7 Å². The number of phosphoric acid groups is 1. The van der Waals surface area contributed by atoms with E-state index in [1.807, 2.05) is 21.1 Å². The molecular weight excluding hydrogens is 653 g/mol. The van der Waals surface area contributed by atoms with Gasteiger partial charge in [0.25, 0.3) is 0 Å². The summed E-state index contributed by atoms with van der Waals surface area (Å²) in [6.07, 6.45) is 33.6. The van der Waals surface area contributed by atoms with Crippen LogP contribution >= 0.6 is 7.82 Å². The minimum Gasteiger partial charge on any atom is -0.462 e. The second-order valence-corrected chi connectivity index (χ2v) is 16.1. The van der Waals surface area contributed by atoms with Gasteiger partial charge in [-0.05, 0) is 64.2 Å². The Hall–Kier alpha value is -1.51. The third kappa shape index (κ3) is 36.3. The fourth-order valence-corrected chi connectivity index (χ4v) is 5.98. The van der Waals surface area contributed by atoms with E-state index in [1.165, 1.54) is 64.2 Å². The summed E-state index contributed by atoms with van der Waals surface area (Å²) in [5.74, 6) is -0.819. The van der Waals surface area contributed by atoms with Crippen LogP contribution in [0, 0.1) is 0 Å². The monoisotopic (exact) mass is 731 g/mol. The quantitative estimate of drug-likeness (QED) is 0.0223. The van der Waals surface area contributed by atoms with Crippen LogP contribution in [0.5, 0.6) is 0 Å². The summed E-state index contributed by atoms with van der Waals surface area (Å²) >= 11 is 0. The lowest BCUT2D eigenvalue weighted by Gasteiger charge is -2.24. The van der Waals surface area contributed by atoms with E-state index in [-0.39, 0.29) is 32.0 Å². The Balaban J connectivity index is 4.44. The van der Waals surface area contributed by atoms with E-state index in [1.54, 1.807) is 0 Å². The van der Waals surface area contributed by atoms with Gasteiger partial charge < -0.3 is 18.9 Å². The van der Waals surface area contributed by atoms with Crippen LogP contribution in [0.4, 0.5) is 0 Å². The zero-order valence-corrected chi connectivity index (χ0v) is 33.8. The Labute approximate surface area is 307 Å². The van der Waals surface area contributed by atoms with Gasteiger partial charge in [-0.25, -0.2) is 4.57 Å². The number of nitrogens with zero attached hydrogens (tertiary/aromatic N) is 1. The normalized spacial score (nSPS) is 14.0. The van der Waals surface area contributed by atoms with Crippen molar-refractivity contribution < 1.29 is 42.1 Å². The highest BCUT2D eigenvalue weighted by Crippen LogP contribution is 2.43. The molecule has 50 heavy (non-hydrogen) atoms. The van der Waals surface area contributed by atoms with E-state index in [0.717, 1.165) is 70.6 Å². The van der Waals surface area contributed by atoms with E-state index in [0.29, 0.717) is 17.4 Å². The summed E-state index contributed by atoms with van der Waals surface area (Å²) < 4.78 is 34.2. The molecule has 0 radical (unpaired) electrons. The van der Waals surface area contributed by atoms with Gasteiger partial charge >= 0.3 is 19.8 Å². The Morgan fingerprint density at radius 2 is 1.02 bits per heavy atom. The van der Waals surface area contributed by atoms with E-state index in [4.69, 9.17) is 18.5 Å². The Bertz CT molecular complexity index is 918. The average Bonchev–Trinajstić information content (AvgIpc) is 3.06. The number of rotatable bonds is 36. The molecule has 0 saturated carbocycles. The molecule has 2 atom stereocenters. The summed E-state index contributed by atoms with van der Waals surface area (Å²) in [5, 5.41) is 0. The lowest BCUT2D eigenvalue weighted by molar-refractivity contribution is -0.870. The predicted octanol–water partition coefficient (Wildman–Crippen LogP) is 10.8. The van der Waals surface area contributed by atoms with Crippen molar-refractivity contribution in [2.24, 2.45) is 0 Å². The zero-order chi connectivity index (χ0) is 37.2. The molecule has 1 N–H and O–H groups in total. The maximum Gasteiger partial charge on any atom is 0.472 e. The van der Waals surface area contributed by atoms with Gasteiger partial charge in [0.05, 0.1) is 27.7 Å². The molecule has 0 rings (SSSR count). The van der Waals surface area contributed by atoms with Gasteiger partial charge in [-0.2, -0.15) is 0 Å². The molecular formula is C40H77NO8P+. The van der Waals surface area contributed by atoms with Crippen molar-refractivity contribution in [3.63, 3.8) is 0 Å². The van der Waals surface area contributed by atoms with Gasteiger partial charge in [-0.15, -0.1) is 0 Å². The molecule has 2 unspecified atom stereocenters. The molecule has 0 heterocycles. The number of carbonyl (C=O) groups excluding carboxylic acids is 2. The fourth-order valence-electron chi connectivity index (χ4n) is 5.24. The molecule has 10 heteroatoms. The number of quaternary nitrogens is 1. The van der Waals surface area contributed by atoms with Gasteiger partial charge in [0.1, 0.15) is 19.8 Å². The van der Waals surface area contributed by atoms with Crippen LogP contribution < -0.4 is 0 Å². The van der Waals surface area contributed by atoms with Crippen LogP contribution in [0.2, 0.25) is 0 Å². The standard InChI is InChI=1S/C40H76NO8P/c1-6-8-10-12-14-16-18-20-22-24-26-28-30-32-39(42)46-36-38(37-48-50(44,45)47-35-34-41(3,4)5)49-40(43)33-31-29-27-25-23-21-19-17-15-13-11-9-7-2/h16-19,38H,6-15,20-37H2,1-5H3/p+1/b18-16+,19-17+. The SMILES string of the molecule is CCCCCC/C=C/CCCCCCCC(=O)OCC(COP(=O)(O)OCC[N+](C)(C)C)OC(=O)CCCCCCC/C=C/CCCCCC. The van der Waals surface area contributed by atoms with Gasteiger partial charge in [0.2, 0.25) is 0 Å². The molecule has 0 fully saturated rings. The minimum atomic E-state index is -4.37. The first-order valence-corrected chi connectivity index (χ1v) is 21.6. The Morgan fingerprint density at radius 3 is 1.48 bits per heavy atom. The molecule has 0 aliphatic carbocycles. The zero-order valence-electron chi connectivity index (χ0n) is 32.9. The van der Waals surface area contributed by atoms with Crippen LogP contribution in [0.15, 0.2) is 24.3 Å². The van der Waals surface area contributed by atoms with Gasteiger partial charge in [-0.3, -0.25) is 18.6 Å². The first-order chi connectivity index (χ1) is 24.0. The number of hydrogen-bond donors (Lipinski definition) is 1. The molecule has 0 aromatic rings. The maximum atomic E-state index is 12.6. The molecule has 0 bridgehead atoms. The van der Waals surface area contributed by atoms with E-state index in [2.05, 4.69) is 38.2 Å². The second kappa shape index (κ2) is 33.3. The smallest absolute Gasteiger partial charge is 0.462 e. The molecule has 0 spiro atoms. The Kier molecular flexibility index (Phi) is 32.3. The van der Waals surface area contributed by atoms with Crippen LogP contribution in [0.1, 0.15) is 168 Å². The molecule has 0 aliphatic heterocycles. The first-order valence-electron chi connectivity index (χ1n) is 20.1. The fraction of sp³-hybridized carbons (Fsp3) is 0.850. The van der Waals surface area contributed by atoms with Crippen LogP contribution in [-0.4, -0.2) is 74.9 Å². The summed E-state index contributed by atoms with van der Waals surface area (Å²) in [7, 11) is 1.47. The van der Waals surface area contributed by atoms with Crippen LogP contribution in [0.25, 0.3) is 0 Å². The van der Waals surface area contributed by atoms with E-state index in [9.17, 15) is 19.0 Å². The van der Waals surface area contributed by atoms with Crippen molar-refractivity contribution in [2.45, 2.75) is 174 Å². The van der Waals surface area contributed by atoms with Crippen molar-refractivity contribution in [1.29, 1.82) is 0 Å². The topological polar surface area (TPSA) is 108 Å². The number of carbonyl (C=O) groups is 2. The third-order valence-electron chi connectivity index (χ3n) is 8.45. The molecule has 0 aliphatic rings. The van der Waals surface area contributed by atoms with Crippen molar-refractivity contribution in [3.05, 3.63) is 24.3 Å². The molecule has 0 aromatic heterocycles. The largest absolute Gasteiger partial charge is 0.472 e. The lowest BCUT2D eigenvalue weighted by Crippen LogP contribution is -2.37. The molecule has 294 valence electrons. The number of phosphoric ester groups is 1. The van der Waals surface area contributed by atoms with Crippen LogP contribution in [0.3, 0.4) is 0 Å². The predicted molar refractivity (Wildman–Crippen MR) is 206 cm³/mol. The summed E-state index contributed by atoms with van der Waals surface area (Å²) in [4.78, 5) is 35.2. The molecule has 9 nitrogen and oxygen atoms in total. The summed E-state index contributed by atoms with van der Waals surface area (Å²) in [5.41, 5.74) is 0. The van der Waals surface area contributed by atoms with Crippen molar-refractivity contribution in [3.8, 4) is 0 Å². The van der Waals surface area contributed by atoms with E-state index >= 15 is 0 Å². The van der Waals surface area contributed by atoms with Crippen molar-refractivity contribution in [2.75, 3.05) is 47.5 Å². The number of unbranched alkanes of at least 4 members (excludes halogenated alkanes) is 18. The average molecular weight is 731 g/mol. The third-order valence-corrected chi connectivity index (χ3v) is 9.44.